The summed E-state index contributed by atoms with van der Waals surface area (Å²) >= 11 is 0. The molecule has 0 atom stereocenters. The molecule has 2 aromatic rings. The van der Waals surface area contributed by atoms with Crippen LogP contribution >= 0.6 is 0 Å². The number of hydrogen-bond donors (Lipinski definition) is 0. The minimum Gasteiger partial charge on any atom is -0.344 e. The second-order valence-corrected chi connectivity index (χ2v) is 4.74. The molecular weight excluding hydrogens is 234 g/mol. The molecule has 0 spiro atoms. The van der Waals surface area contributed by atoms with Crippen LogP contribution in [0.15, 0.2) is 55.1 Å². The molecule has 0 saturated carbocycles. The van der Waals surface area contributed by atoms with Crippen LogP contribution in [-0.4, -0.2) is 12.8 Å². The second kappa shape index (κ2) is 4.39. The van der Waals surface area contributed by atoms with Gasteiger partial charge in [0.2, 0.25) is 0 Å². The van der Waals surface area contributed by atoms with Crippen molar-refractivity contribution in [2.75, 3.05) is 11.9 Å². The number of para-hydroxylation sites is 1. The van der Waals surface area contributed by atoms with Crippen LogP contribution in [-0.2, 0) is 6.42 Å². The normalized spacial score (nSPS) is 12.6. The lowest BCUT2D eigenvalue weighted by atomic mass is 9.91. The maximum absolute atomic E-state index is 12.0. The quantitative estimate of drug-likeness (QED) is 0.597. The van der Waals surface area contributed by atoms with Crippen molar-refractivity contribution in [1.29, 1.82) is 0 Å². The number of anilines is 2. The van der Waals surface area contributed by atoms with Crippen LogP contribution < -0.4 is 4.90 Å². The van der Waals surface area contributed by atoms with Gasteiger partial charge >= 0.3 is 0 Å². The van der Waals surface area contributed by atoms with Gasteiger partial charge in [0.1, 0.15) is 0 Å². The summed E-state index contributed by atoms with van der Waals surface area (Å²) in [6.07, 6.45) is 2.18. The molecule has 0 amide bonds. The van der Waals surface area contributed by atoms with Gasteiger partial charge in [0.15, 0.2) is 5.78 Å². The predicted octanol–water partition coefficient (Wildman–Crippen LogP) is 3.73. The van der Waals surface area contributed by atoms with Crippen LogP contribution in [0.25, 0.3) is 0 Å². The first-order valence-corrected chi connectivity index (χ1v) is 6.32. The standard InChI is InChI=1S/C17H15NO/c1-3-17(19)13-8-6-10-16-14(13)11-12-7-4-5-9-15(12)18(16)2/h3-10H,1,11H2,2H3. The third-order valence-corrected chi connectivity index (χ3v) is 3.68. The molecule has 2 aromatic carbocycles. The van der Waals surface area contributed by atoms with Crippen molar-refractivity contribution in [3.63, 3.8) is 0 Å². The molecule has 1 aliphatic heterocycles. The Labute approximate surface area is 113 Å². The lowest BCUT2D eigenvalue weighted by Gasteiger charge is -2.31. The summed E-state index contributed by atoms with van der Waals surface area (Å²) in [6, 6.07) is 14.2. The van der Waals surface area contributed by atoms with E-state index in [1.54, 1.807) is 0 Å². The largest absolute Gasteiger partial charge is 0.344 e. The number of ketones is 1. The van der Waals surface area contributed by atoms with E-state index in [4.69, 9.17) is 0 Å². The highest BCUT2D eigenvalue weighted by Crippen LogP contribution is 2.38. The smallest absolute Gasteiger partial charge is 0.185 e. The Balaban J connectivity index is 2.20. The van der Waals surface area contributed by atoms with Gasteiger partial charge in [-0.25, -0.2) is 0 Å². The zero-order valence-electron chi connectivity index (χ0n) is 10.9. The first-order valence-electron chi connectivity index (χ1n) is 6.32. The molecule has 1 heterocycles. The Morgan fingerprint density at radius 1 is 1.16 bits per heavy atom. The average molecular weight is 249 g/mol. The number of allylic oxidation sites excluding steroid dienone is 1. The van der Waals surface area contributed by atoms with Gasteiger partial charge in [0.25, 0.3) is 0 Å². The molecule has 0 radical (unpaired) electrons. The van der Waals surface area contributed by atoms with Crippen molar-refractivity contribution in [3.05, 3.63) is 71.8 Å². The molecule has 0 aromatic heterocycles. The lowest BCUT2D eigenvalue weighted by Crippen LogP contribution is -2.20. The molecule has 0 aliphatic carbocycles. The van der Waals surface area contributed by atoms with E-state index in [0.29, 0.717) is 0 Å². The molecule has 1 aliphatic rings. The maximum atomic E-state index is 12.0. The number of fused-ring (bicyclic) bond motifs is 2. The Bertz CT molecular complexity index is 673. The molecular formula is C17H15NO. The van der Waals surface area contributed by atoms with Crippen LogP contribution in [0.1, 0.15) is 21.5 Å². The fourth-order valence-electron chi connectivity index (χ4n) is 2.72. The molecule has 3 rings (SSSR count). The first kappa shape index (κ1) is 11.7. The van der Waals surface area contributed by atoms with Crippen molar-refractivity contribution < 1.29 is 4.79 Å². The Hall–Kier alpha value is -2.35. The molecule has 0 saturated heterocycles. The fourth-order valence-corrected chi connectivity index (χ4v) is 2.72. The lowest BCUT2D eigenvalue weighted by molar-refractivity contribution is 0.104. The van der Waals surface area contributed by atoms with Crippen molar-refractivity contribution in [2.24, 2.45) is 0 Å². The average Bonchev–Trinajstić information content (AvgIpc) is 2.46. The monoisotopic (exact) mass is 249 g/mol. The SMILES string of the molecule is C=CC(=O)c1cccc2c1Cc1ccccc1N2C. The van der Waals surface area contributed by atoms with Crippen LogP contribution in [0.3, 0.4) is 0 Å². The molecule has 2 nitrogen and oxygen atoms in total. The summed E-state index contributed by atoms with van der Waals surface area (Å²) in [5.74, 6) is -0.00960. The topological polar surface area (TPSA) is 20.3 Å². The zero-order valence-corrected chi connectivity index (χ0v) is 10.9. The van der Waals surface area contributed by atoms with E-state index in [1.165, 1.54) is 17.3 Å². The Morgan fingerprint density at radius 3 is 2.68 bits per heavy atom. The van der Waals surface area contributed by atoms with Crippen LogP contribution in [0, 0.1) is 0 Å². The van der Waals surface area contributed by atoms with Crippen LogP contribution in [0.2, 0.25) is 0 Å². The molecule has 0 N–H and O–H groups in total. The van der Waals surface area contributed by atoms with E-state index >= 15 is 0 Å². The fraction of sp³-hybridized carbons (Fsp3) is 0.118. The van der Waals surface area contributed by atoms with Gasteiger partial charge in [0, 0.05) is 30.4 Å². The number of carbonyl (C=O) groups is 1. The van der Waals surface area contributed by atoms with Crippen LogP contribution in [0.4, 0.5) is 11.4 Å². The highest BCUT2D eigenvalue weighted by atomic mass is 16.1. The predicted molar refractivity (Wildman–Crippen MR) is 78.3 cm³/mol. The zero-order chi connectivity index (χ0) is 13.4. The summed E-state index contributed by atoms with van der Waals surface area (Å²) in [5, 5.41) is 0. The minimum absolute atomic E-state index is 0.00960. The summed E-state index contributed by atoms with van der Waals surface area (Å²) < 4.78 is 0. The molecule has 2 heteroatoms. The Morgan fingerprint density at radius 2 is 1.89 bits per heavy atom. The van der Waals surface area contributed by atoms with Gasteiger partial charge in [0.05, 0.1) is 0 Å². The van der Waals surface area contributed by atoms with Crippen molar-refractivity contribution in [1.82, 2.24) is 0 Å². The van der Waals surface area contributed by atoms with Gasteiger partial charge in [-0.3, -0.25) is 4.79 Å². The third-order valence-electron chi connectivity index (χ3n) is 3.68. The molecule has 0 unspecified atom stereocenters. The van der Waals surface area contributed by atoms with Gasteiger partial charge in [-0.05, 0) is 29.3 Å². The van der Waals surface area contributed by atoms with E-state index in [1.807, 2.05) is 31.3 Å². The second-order valence-electron chi connectivity index (χ2n) is 4.74. The van der Waals surface area contributed by atoms with Gasteiger partial charge in [-0.15, -0.1) is 0 Å². The van der Waals surface area contributed by atoms with Crippen molar-refractivity contribution >= 4 is 17.2 Å². The van der Waals surface area contributed by atoms with Gasteiger partial charge < -0.3 is 4.90 Å². The number of rotatable bonds is 2. The number of hydrogen-bond acceptors (Lipinski definition) is 2. The van der Waals surface area contributed by atoms with Gasteiger partial charge in [-0.1, -0.05) is 36.9 Å². The van der Waals surface area contributed by atoms with E-state index in [-0.39, 0.29) is 5.78 Å². The minimum atomic E-state index is -0.00960. The summed E-state index contributed by atoms with van der Waals surface area (Å²) in [7, 11) is 2.04. The molecule has 19 heavy (non-hydrogen) atoms. The van der Waals surface area contributed by atoms with E-state index in [0.717, 1.165) is 23.2 Å². The summed E-state index contributed by atoms with van der Waals surface area (Å²) in [5.41, 5.74) is 5.41. The van der Waals surface area contributed by atoms with Crippen molar-refractivity contribution in [3.8, 4) is 0 Å². The van der Waals surface area contributed by atoms with Gasteiger partial charge in [-0.2, -0.15) is 0 Å². The number of carbonyl (C=O) groups excluding carboxylic acids is 1. The highest BCUT2D eigenvalue weighted by Gasteiger charge is 2.22. The van der Waals surface area contributed by atoms with Crippen LogP contribution in [0.5, 0.6) is 0 Å². The van der Waals surface area contributed by atoms with E-state index < -0.39 is 0 Å². The maximum Gasteiger partial charge on any atom is 0.185 e. The molecule has 0 fully saturated rings. The third kappa shape index (κ3) is 1.76. The number of nitrogens with zero attached hydrogens (tertiary/aromatic N) is 1. The summed E-state index contributed by atoms with van der Waals surface area (Å²) in [6.45, 7) is 3.59. The first-order chi connectivity index (χ1) is 9.22. The number of benzene rings is 2. The van der Waals surface area contributed by atoms with E-state index in [9.17, 15) is 4.79 Å². The molecule has 0 bridgehead atoms. The Kier molecular flexibility index (Phi) is 2.71. The highest BCUT2D eigenvalue weighted by molar-refractivity contribution is 6.06. The summed E-state index contributed by atoms with van der Waals surface area (Å²) in [4.78, 5) is 14.1. The van der Waals surface area contributed by atoms with Crippen molar-refractivity contribution in [2.45, 2.75) is 6.42 Å². The molecule has 94 valence electrons. The van der Waals surface area contributed by atoms with E-state index in [2.05, 4.69) is 29.7 Å².